The first-order chi connectivity index (χ1) is 15.5. The Morgan fingerprint density at radius 2 is 1.69 bits per heavy atom. The fourth-order valence-electron chi connectivity index (χ4n) is 3.90. The Bertz CT molecular complexity index is 1000. The zero-order valence-corrected chi connectivity index (χ0v) is 19.6. The van der Waals surface area contributed by atoms with Gasteiger partial charge in [-0.15, -0.1) is 0 Å². The maximum absolute atomic E-state index is 13.0. The van der Waals surface area contributed by atoms with Crippen LogP contribution in [0.4, 0.5) is 5.69 Å². The van der Waals surface area contributed by atoms with Gasteiger partial charge in [-0.05, 0) is 68.7 Å². The minimum Gasteiger partial charge on any atom is -0.497 e. The zero-order chi connectivity index (χ0) is 23.1. The molecule has 0 aliphatic carbocycles. The number of nitrogens with zero attached hydrogens (tertiary/aromatic N) is 3. The number of likely N-dealkylation sites (N-methyl/N-ethyl adjacent to an activating group) is 1. The van der Waals surface area contributed by atoms with Crippen LogP contribution in [0.5, 0.6) is 5.75 Å². The predicted molar refractivity (Wildman–Crippen MR) is 134 cm³/mol. The fraction of sp³-hybridized carbons (Fsp3) is 0.333. The van der Waals surface area contributed by atoms with Gasteiger partial charge in [0, 0.05) is 37.4 Å². The average molecular weight is 432 g/mol. The van der Waals surface area contributed by atoms with Gasteiger partial charge in [0.15, 0.2) is 0 Å². The molecule has 1 aliphatic heterocycles. The van der Waals surface area contributed by atoms with Crippen molar-refractivity contribution in [2.75, 3.05) is 38.2 Å². The quantitative estimate of drug-likeness (QED) is 0.526. The van der Waals surface area contributed by atoms with E-state index >= 15 is 0 Å². The van der Waals surface area contributed by atoms with Gasteiger partial charge in [0.1, 0.15) is 11.6 Å². The summed E-state index contributed by atoms with van der Waals surface area (Å²) in [6.07, 6.45) is 2.71. The van der Waals surface area contributed by atoms with Gasteiger partial charge in [-0.3, -0.25) is 14.7 Å². The topological polar surface area (TPSA) is 45.1 Å². The second-order valence-corrected chi connectivity index (χ2v) is 7.65. The summed E-state index contributed by atoms with van der Waals surface area (Å²) in [7, 11) is 1.66. The van der Waals surface area contributed by atoms with Crippen LogP contribution in [-0.2, 0) is 11.2 Å². The normalized spacial score (nSPS) is 16.3. The van der Waals surface area contributed by atoms with Gasteiger partial charge in [-0.2, -0.15) is 0 Å². The van der Waals surface area contributed by atoms with Gasteiger partial charge in [-0.1, -0.05) is 30.8 Å². The number of methoxy groups -OCH3 is 1. The summed E-state index contributed by atoms with van der Waals surface area (Å²) >= 11 is 0. The van der Waals surface area contributed by atoms with E-state index in [0.717, 1.165) is 30.8 Å². The van der Waals surface area contributed by atoms with Crippen LogP contribution in [0.15, 0.2) is 71.2 Å². The van der Waals surface area contributed by atoms with E-state index in [-0.39, 0.29) is 5.91 Å². The van der Waals surface area contributed by atoms with Crippen molar-refractivity contribution in [1.29, 1.82) is 0 Å². The second-order valence-electron chi connectivity index (χ2n) is 7.65. The number of amides is 1. The van der Waals surface area contributed by atoms with Gasteiger partial charge in [0.05, 0.1) is 12.7 Å². The summed E-state index contributed by atoms with van der Waals surface area (Å²) in [6.45, 7) is 13.5. The number of benzene rings is 2. The van der Waals surface area contributed by atoms with Crippen LogP contribution < -0.4 is 9.64 Å². The Morgan fingerprint density at radius 3 is 2.25 bits per heavy atom. The van der Waals surface area contributed by atoms with Crippen molar-refractivity contribution >= 4 is 23.5 Å². The molecule has 0 radical (unpaired) electrons. The lowest BCUT2D eigenvalue weighted by Crippen LogP contribution is -2.29. The summed E-state index contributed by atoms with van der Waals surface area (Å²) in [5.74, 6) is 1.48. The summed E-state index contributed by atoms with van der Waals surface area (Å²) in [5.41, 5.74) is 4.66. The highest BCUT2D eigenvalue weighted by molar-refractivity contribution is 6.27. The van der Waals surface area contributed by atoms with E-state index in [1.165, 1.54) is 11.3 Å². The van der Waals surface area contributed by atoms with Crippen molar-refractivity contribution in [3.05, 3.63) is 77.4 Å². The van der Waals surface area contributed by atoms with Crippen LogP contribution >= 0.6 is 0 Å². The fourth-order valence-corrected chi connectivity index (χ4v) is 3.90. The molecule has 0 bridgehead atoms. The molecule has 0 N–H and O–H groups in total. The molecule has 1 fully saturated rings. The van der Waals surface area contributed by atoms with Crippen molar-refractivity contribution in [3.8, 4) is 5.75 Å². The number of ether oxygens (including phenoxy) is 1. The van der Waals surface area contributed by atoms with E-state index in [9.17, 15) is 4.79 Å². The number of hydrogen-bond donors (Lipinski definition) is 0. The van der Waals surface area contributed by atoms with Gasteiger partial charge in [0.2, 0.25) is 0 Å². The molecule has 2 aromatic rings. The Kier molecular flexibility index (Phi) is 7.87. The molecule has 1 heterocycles. The van der Waals surface area contributed by atoms with E-state index in [4.69, 9.17) is 9.73 Å². The molecule has 0 aromatic heterocycles. The summed E-state index contributed by atoms with van der Waals surface area (Å²) in [6, 6.07) is 16.3. The average Bonchev–Trinajstić information content (AvgIpc) is 3.05. The van der Waals surface area contributed by atoms with E-state index in [1.807, 2.05) is 37.3 Å². The van der Waals surface area contributed by atoms with E-state index in [2.05, 4.69) is 49.6 Å². The van der Waals surface area contributed by atoms with Gasteiger partial charge in [0.25, 0.3) is 5.91 Å². The molecule has 2 aromatic carbocycles. The standard InChI is InChI=1S/C27H33N3O2/c1-6-29(7-2)23-13-9-22(10-14-23)19-25-20(4)26(30(8-3)27(25)31)28-18-17-21-11-15-24(32-5)16-12-21/h9-16,19H,4,6-8,17-18H2,1-3,5H3/b25-19-,28-26+. The SMILES string of the molecule is C=C1/C(=C/c2ccc(N(CC)CC)cc2)C(=O)N(CC)/C1=N/CCc1ccc(OC)cc1. The molecule has 3 rings (SSSR count). The number of hydrogen-bond acceptors (Lipinski definition) is 4. The van der Waals surface area contributed by atoms with Crippen LogP contribution in [0, 0.1) is 0 Å². The monoisotopic (exact) mass is 431 g/mol. The Labute approximate surface area is 191 Å². The number of rotatable bonds is 9. The Morgan fingerprint density at radius 1 is 1.03 bits per heavy atom. The molecule has 0 saturated carbocycles. The summed E-state index contributed by atoms with van der Waals surface area (Å²) < 4.78 is 5.21. The molecule has 0 atom stereocenters. The van der Waals surface area contributed by atoms with E-state index in [1.54, 1.807) is 12.0 Å². The van der Waals surface area contributed by atoms with Crippen molar-refractivity contribution in [1.82, 2.24) is 4.90 Å². The largest absolute Gasteiger partial charge is 0.497 e. The molecule has 1 aliphatic rings. The second kappa shape index (κ2) is 10.8. The Balaban J connectivity index is 1.76. The molecule has 0 spiro atoms. The van der Waals surface area contributed by atoms with Crippen molar-refractivity contribution < 1.29 is 9.53 Å². The first-order valence-electron chi connectivity index (χ1n) is 11.3. The number of amidine groups is 1. The van der Waals surface area contributed by atoms with Crippen LogP contribution in [0.3, 0.4) is 0 Å². The molecule has 5 heteroatoms. The molecule has 1 saturated heterocycles. The number of likely N-dealkylation sites (tertiary alicyclic amines) is 1. The van der Waals surface area contributed by atoms with Crippen molar-refractivity contribution in [2.45, 2.75) is 27.2 Å². The first-order valence-corrected chi connectivity index (χ1v) is 11.3. The van der Waals surface area contributed by atoms with Gasteiger partial charge >= 0.3 is 0 Å². The van der Waals surface area contributed by atoms with Gasteiger partial charge < -0.3 is 9.64 Å². The molecule has 0 unspecified atom stereocenters. The molecule has 1 amide bonds. The third kappa shape index (κ3) is 5.10. The molecule has 32 heavy (non-hydrogen) atoms. The smallest absolute Gasteiger partial charge is 0.260 e. The van der Waals surface area contributed by atoms with Crippen LogP contribution in [0.2, 0.25) is 0 Å². The molecular weight excluding hydrogens is 398 g/mol. The lowest BCUT2D eigenvalue weighted by Gasteiger charge is -2.20. The van der Waals surface area contributed by atoms with Crippen LogP contribution in [0.25, 0.3) is 6.08 Å². The van der Waals surface area contributed by atoms with Crippen LogP contribution in [-0.4, -0.2) is 49.9 Å². The lowest BCUT2D eigenvalue weighted by atomic mass is 10.1. The minimum atomic E-state index is -0.0338. The predicted octanol–water partition coefficient (Wildman–Crippen LogP) is 4.98. The highest BCUT2D eigenvalue weighted by atomic mass is 16.5. The molecular formula is C27H33N3O2. The number of carbonyl (C=O) groups excluding carboxylic acids is 1. The Hall–Kier alpha value is -3.34. The highest BCUT2D eigenvalue weighted by Crippen LogP contribution is 2.27. The van der Waals surface area contributed by atoms with E-state index < -0.39 is 0 Å². The van der Waals surface area contributed by atoms with E-state index in [0.29, 0.717) is 30.1 Å². The molecule has 168 valence electrons. The number of carbonyl (C=O) groups is 1. The van der Waals surface area contributed by atoms with Gasteiger partial charge in [-0.25, -0.2) is 0 Å². The number of anilines is 1. The van der Waals surface area contributed by atoms with Crippen molar-refractivity contribution in [3.63, 3.8) is 0 Å². The third-order valence-electron chi connectivity index (χ3n) is 5.80. The zero-order valence-electron chi connectivity index (χ0n) is 19.6. The minimum absolute atomic E-state index is 0.0338. The van der Waals surface area contributed by atoms with Crippen molar-refractivity contribution in [2.24, 2.45) is 4.99 Å². The summed E-state index contributed by atoms with van der Waals surface area (Å²) in [4.78, 5) is 21.8. The molecule has 5 nitrogen and oxygen atoms in total. The highest BCUT2D eigenvalue weighted by Gasteiger charge is 2.34. The first kappa shape index (κ1) is 23.3. The maximum Gasteiger partial charge on any atom is 0.260 e. The van der Waals surface area contributed by atoms with Crippen LogP contribution in [0.1, 0.15) is 31.9 Å². The number of aliphatic imine (C=N–C) groups is 1. The maximum atomic E-state index is 13.0. The third-order valence-corrected chi connectivity index (χ3v) is 5.80. The summed E-state index contributed by atoms with van der Waals surface area (Å²) in [5, 5.41) is 0. The lowest BCUT2D eigenvalue weighted by molar-refractivity contribution is -0.122.